The number of piperidine rings is 1. The molecule has 1 fully saturated rings. The fraction of sp³-hybridized carbons (Fsp3) is 0.263. The lowest BCUT2D eigenvalue weighted by atomic mass is 9.68. The Morgan fingerprint density at radius 3 is 2.62 bits per heavy atom. The predicted molar refractivity (Wildman–Crippen MR) is 94.4 cm³/mol. The Morgan fingerprint density at radius 2 is 1.88 bits per heavy atom. The summed E-state index contributed by atoms with van der Waals surface area (Å²) >= 11 is 7.80. The van der Waals surface area contributed by atoms with Gasteiger partial charge in [0.2, 0.25) is 0 Å². The van der Waals surface area contributed by atoms with Crippen LogP contribution in [0.3, 0.4) is 0 Å². The molecule has 3 nitrogen and oxygen atoms in total. The Morgan fingerprint density at radius 1 is 1.12 bits per heavy atom. The SMILES string of the molecule is N#CN1CCC2(CC1)C(=O)c1cc(Cl)ccc1Sc1ccccc12. The predicted octanol–water partition coefficient (Wildman–Crippen LogP) is 4.50. The van der Waals surface area contributed by atoms with Crippen molar-refractivity contribution in [2.75, 3.05) is 13.1 Å². The number of ketones is 1. The normalized spacial score (nSPS) is 18.5. The molecule has 0 aliphatic carbocycles. The van der Waals surface area contributed by atoms with Gasteiger partial charge < -0.3 is 4.90 Å². The molecule has 0 unspecified atom stereocenters. The van der Waals surface area contributed by atoms with Crippen LogP contribution in [0.4, 0.5) is 0 Å². The highest BCUT2D eigenvalue weighted by molar-refractivity contribution is 7.99. The monoisotopic (exact) mass is 354 g/mol. The molecule has 2 aliphatic rings. The van der Waals surface area contributed by atoms with Crippen LogP contribution in [-0.2, 0) is 5.41 Å². The second-order valence-electron chi connectivity index (χ2n) is 6.24. The van der Waals surface area contributed by atoms with Gasteiger partial charge >= 0.3 is 0 Å². The van der Waals surface area contributed by atoms with Crippen molar-refractivity contribution < 1.29 is 4.79 Å². The molecule has 4 rings (SSSR count). The molecule has 2 aromatic rings. The van der Waals surface area contributed by atoms with Crippen LogP contribution >= 0.6 is 23.4 Å². The van der Waals surface area contributed by atoms with E-state index in [9.17, 15) is 4.79 Å². The van der Waals surface area contributed by atoms with Gasteiger partial charge in [-0.15, -0.1) is 0 Å². The maximum Gasteiger partial charge on any atom is 0.179 e. The highest BCUT2D eigenvalue weighted by Gasteiger charge is 2.46. The summed E-state index contributed by atoms with van der Waals surface area (Å²) in [5.41, 5.74) is 1.23. The van der Waals surface area contributed by atoms with E-state index in [-0.39, 0.29) is 5.78 Å². The Balaban J connectivity index is 1.91. The van der Waals surface area contributed by atoms with Crippen LogP contribution in [0.25, 0.3) is 0 Å². The average Bonchev–Trinajstić information content (AvgIpc) is 2.71. The first-order valence-electron chi connectivity index (χ1n) is 7.90. The standard InChI is InChI=1S/C19H15ClN2OS/c20-13-5-6-16-14(11-13)18(23)19(7-9-22(12-21)10-8-19)15-3-1-2-4-17(15)24-16/h1-6,11H,7-10H2. The Bertz CT molecular complexity index is 866. The molecule has 0 saturated carbocycles. The van der Waals surface area contributed by atoms with Gasteiger partial charge in [0, 0.05) is 33.5 Å². The third-order valence-electron chi connectivity index (χ3n) is 5.00. The maximum absolute atomic E-state index is 13.6. The van der Waals surface area contributed by atoms with Crippen molar-refractivity contribution in [2.45, 2.75) is 28.0 Å². The molecule has 24 heavy (non-hydrogen) atoms. The van der Waals surface area contributed by atoms with Crippen molar-refractivity contribution in [1.82, 2.24) is 4.90 Å². The lowest BCUT2D eigenvalue weighted by Gasteiger charge is -2.39. The number of fused-ring (bicyclic) bond motifs is 3. The number of rotatable bonds is 0. The van der Waals surface area contributed by atoms with E-state index in [1.165, 1.54) is 0 Å². The molecule has 2 heterocycles. The third kappa shape index (κ3) is 2.31. The molecule has 0 bridgehead atoms. The maximum atomic E-state index is 13.6. The Hall–Kier alpha value is -1.96. The Labute approximate surface area is 150 Å². The lowest BCUT2D eigenvalue weighted by molar-refractivity contribution is 0.0804. The van der Waals surface area contributed by atoms with Crippen molar-refractivity contribution in [3.63, 3.8) is 0 Å². The van der Waals surface area contributed by atoms with Crippen LogP contribution in [0.5, 0.6) is 0 Å². The quantitative estimate of drug-likeness (QED) is 0.653. The summed E-state index contributed by atoms with van der Waals surface area (Å²) in [5.74, 6) is 0.134. The van der Waals surface area contributed by atoms with Gasteiger partial charge in [0.15, 0.2) is 12.0 Å². The van der Waals surface area contributed by atoms with Gasteiger partial charge in [0.25, 0.3) is 0 Å². The van der Waals surface area contributed by atoms with E-state index in [4.69, 9.17) is 16.9 Å². The number of hydrogen-bond donors (Lipinski definition) is 0. The molecule has 1 saturated heterocycles. The zero-order valence-electron chi connectivity index (χ0n) is 13.0. The summed E-state index contributed by atoms with van der Waals surface area (Å²) in [6.07, 6.45) is 3.52. The Kier molecular flexibility index (Phi) is 3.79. The lowest BCUT2D eigenvalue weighted by Crippen LogP contribution is -2.46. The molecule has 1 spiro atoms. The van der Waals surface area contributed by atoms with Gasteiger partial charge in [-0.05, 0) is 42.7 Å². The first-order valence-corrected chi connectivity index (χ1v) is 9.10. The molecule has 0 radical (unpaired) electrons. The number of likely N-dealkylation sites (tertiary alicyclic amines) is 1. The number of Topliss-reactive ketones (excluding diaryl/α,β-unsaturated/α-hetero) is 1. The highest BCUT2D eigenvalue weighted by Crippen LogP contribution is 2.49. The number of benzene rings is 2. The molecular weight excluding hydrogens is 340 g/mol. The van der Waals surface area contributed by atoms with E-state index in [0.717, 1.165) is 15.4 Å². The molecule has 2 aliphatic heterocycles. The van der Waals surface area contributed by atoms with Crippen molar-refractivity contribution >= 4 is 29.1 Å². The summed E-state index contributed by atoms with van der Waals surface area (Å²) in [6, 6.07) is 13.7. The molecule has 0 amide bonds. The van der Waals surface area contributed by atoms with Gasteiger partial charge in [0.1, 0.15) is 0 Å². The minimum atomic E-state index is -0.563. The molecule has 0 aromatic heterocycles. The van der Waals surface area contributed by atoms with Gasteiger partial charge in [-0.2, -0.15) is 5.26 Å². The first kappa shape index (κ1) is 15.6. The molecular formula is C19H15ClN2OS. The molecule has 2 aromatic carbocycles. The largest absolute Gasteiger partial charge is 0.311 e. The fourth-order valence-corrected chi connectivity index (χ4v) is 5.03. The summed E-state index contributed by atoms with van der Waals surface area (Å²) in [5, 5.41) is 9.74. The number of halogens is 1. The van der Waals surface area contributed by atoms with E-state index in [1.807, 2.05) is 24.3 Å². The number of nitriles is 1. The third-order valence-corrected chi connectivity index (χ3v) is 6.39. The first-order chi connectivity index (χ1) is 11.6. The summed E-state index contributed by atoms with van der Waals surface area (Å²) in [6.45, 7) is 1.22. The highest BCUT2D eigenvalue weighted by atomic mass is 35.5. The van der Waals surface area contributed by atoms with E-state index in [2.05, 4.69) is 18.3 Å². The second kappa shape index (κ2) is 5.84. The van der Waals surface area contributed by atoms with Crippen molar-refractivity contribution in [3.05, 3.63) is 58.6 Å². The van der Waals surface area contributed by atoms with Crippen LogP contribution in [-0.4, -0.2) is 23.8 Å². The summed E-state index contributed by atoms with van der Waals surface area (Å²) < 4.78 is 0. The zero-order chi connectivity index (χ0) is 16.7. The van der Waals surface area contributed by atoms with Gasteiger partial charge in [-0.3, -0.25) is 4.79 Å². The molecule has 0 atom stereocenters. The average molecular weight is 355 g/mol. The van der Waals surface area contributed by atoms with E-state index < -0.39 is 5.41 Å². The minimum absolute atomic E-state index is 0.134. The second-order valence-corrected chi connectivity index (χ2v) is 7.76. The van der Waals surface area contributed by atoms with E-state index in [1.54, 1.807) is 22.7 Å². The number of carbonyl (C=O) groups excluding carboxylic acids is 1. The summed E-state index contributed by atoms with van der Waals surface area (Å²) in [4.78, 5) is 17.4. The minimum Gasteiger partial charge on any atom is -0.311 e. The van der Waals surface area contributed by atoms with Crippen molar-refractivity contribution in [2.24, 2.45) is 0 Å². The summed E-state index contributed by atoms with van der Waals surface area (Å²) in [7, 11) is 0. The fourth-order valence-electron chi connectivity index (χ4n) is 3.70. The number of nitrogens with zero attached hydrogens (tertiary/aromatic N) is 2. The molecule has 120 valence electrons. The van der Waals surface area contributed by atoms with E-state index in [0.29, 0.717) is 36.5 Å². The van der Waals surface area contributed by atoms with Gasteiger partial charge in [-0.25, -0.2) is 0 Å². The van der Waals surface area contributed by atoms with Crippen LogP contribution in [0.1, 0.15) is 28.8 Å². The topological polar surface area (TPSA) is 44.1 Å². The van der Waals surface area contributed by atoms with Crippen LogP contribution < -0.4 is 0 Å². The van der Waals surface area contributed by atoms with Gasteiger partial charge in [0.05, 0.1) is 5.41 Å². The smallest absolute Gasteiger partial charge is 0.179 e. The van der Waals surface area contributed by atoms with Crippen molar-refractivity contribution in [1.29, 1.82) is 5.26 Å². The van der Waals surface area contributed by atoms with Crippen molar-refractivity contribution in [3.8, 4) is 6.19 Å². The number of carbonyl (C=O) groups is 1. The molecule has 0 N–H and O–H groups in total. The zero-order valence-corrected chi connectivity index (χ0v) is 14.5. The van der Waals surface area contributed by atoms with Gasteiger partial charge in [-0.1, -0.05) is 41.6 Å². The van der Waals surface area contributed by atoms with Crippen LogP contribution in [0.2, 0.25) is 5.02 Å². The van der Waals surface area contributed by atoms with Crippen LogP contribution in [0.15, 0.2) is 52.3 Å². The number of hydrogen-bond acceptors (Lipinski definition) is 4. The van der Waals surface area contributed by atoms with Crippen LogP contribution in [0, 0.1) is 11.5 Å². The van der Waals surface area contributed by atoms with E-state index >= 15 is 0 Å². The molecule has 5 heteroatoms.